The number of hydrogen-bond donors (Lipinski definition) is 1. The highest BCUT2D eigenvalue weighted by Crippen LogP contribution is 1.99. The van der Waals surface area contributed by atoms with Crippen LogP contribution in [-0.2, 0) is 4.79 Å². The number of carboxylic acid groups (broad SMARTS) is 1. The standard InChI is InChI=1S/C8H16N2O2.ClH/c1-9-4-6-10(7-5-9)3-2-8(11)12;/h2-7H2,1H3,(H,11,12);1H. The minimum absolute atomic E-state index is 0. The Morgan fingerprint density at radius 1 is 1.31 bits per heavy atom. The molecule has 13 heavy (non-hydrogen) atoms. The molecule has 1 heterocycles. The van der Waals surface area contributed by atoms with Gasteiger partial charge in [0.25, 0.3) is 0 Å². The van der Waals surface area contributed by atoms with Crippen molar-refractivity contribution in [2.75, 3.05) is 39.8 Å². The number of halogens is 1. The molecular weight excluding hydrogens is 192 g/mol. The van der Waals surface area contributed by atoms with Crippen LogP contribution in [0.15, 0.2) is 0 Å². The van der Waals surface area contributed by atoms with Gasteiger partial charge in [0.05, 0.1) is 6.42 Å². The maximum atomic E-state index is 10.3. The summed E-state index contributed by atoms with van der Waals surface area (Å²) >= 11 is 0. The Hall–Kier alpha value is -0.320. The number of likely N-dealkylation sites (N-methyl/N-ethyl adjacent to an activating group) is 1. The molecule has 0 saturated carbocycles. The zero-order valence-electron chi connectivity index (χ0n) is 7.90. The van der Waals surface area contributed by atoms with E-state index in [0.717, 1.165) is 26.2 Å². The molecule has 0 radical (unpaired) electrons. The number of nitrogens with zero attached hydrogens (tertiary/aromatic N) is 2. The molecule has 5 heteroatoms. The maximum Gasteiger partial charge on any atom is 0.304 e. The summed E-state index contributed by atoms with van der Waals surface area (Å²) in [6, 6.07) is 0. The summed E-state index contributed by atoms with van der Waals surface area (Å²) in [7, 11) is 2.09. The SMILES string of the molecule is CN1CCN(CCC(=O)O)CC1.Cl. The van der Waals surface area contributed by atoms with Crippen molar-refractivity contribution in [3.05, 3.63) is 0 Å². The van der Waals surface area contributed by atoms with Gasteiger partial charge in [0.2, 0.25) is 0 Å². The summed E-state index contributed by atoms with van der Waals surface area (Å²) in [5, 5.41) is 8.46. The lowest BCUT2D eigenvalue weighted by Crippen LogP contribution is -2.44. The fourth-order valence-corrected chi connectivity index (χ4v) is 1.33. The predicted octanol–water partition coefficient (Wildman–Crippen LogP) is 0.130. The first-order valence-corrected chi connectivity index (χ1v) is 4.31. The molecule has 1 aliphatic heterocycles. The number of carbonyl (C=O) groups is 1. The molecule has 0 aromatic rings. The van der Waals surface area contributed by atoms with Crippen molar-refractivity contribution >= 4 is 18.4 Å². The molecule has 0 bridgehead atoms. The van der Waals surface area contributed by atoms with Gasteiger partial charge in [-0.15, -0.1) is 12.4 Å². The average Bonchev–Trinajstić information content (AvgIpc) is 2.03. The van der Waals surface area contributed by atoms with Gasteiger partial charge in [0.1, 0.15) is 0 Å². The summed E-state index contributed by atoms with van der Waals surface area (Å²) in [5.41, 5.74) is 0. The molecule has 1 rings (SSSR count). The lowest BCUT2D eigenvalue weighted by molar-refractivity contribution is -0.137. The third kappa shape index (κ3) is 5.08. The maximum absolute atomic E-state index is 10.3. The van der Waals surface area contributed by atoms with E-state index in [0.29, 0.717) is 6.54 Å². The van der Waals surface area contributed by atoms with Crippen LogP contribution in [-0.4, -0.2) is 60.6 Å². The second kappa shape index (κ2) is 6.18. The number of carboxylic acids is 1. The molecule has 1 fully saturated rings. The minimum Gasteiger partial charge on any atom is -0.481 e. The first kappa shape index (κ1) is 12.7. The molecule has 4 nitrogen and oxygen atoms in total. The molecule has 1 N–H and O–H groups in total. The highest BCUT2D eigenvalue weighted by atomic mass is 35.5. The summed E-state index contributed by atoms with van der Waals surface area (Å²) in [4.78, 5) is 14.7. The van der Waals surface area contributed by atoms with E-state index in [1.807, 2.05) is 0 Å². The lowest BCUT2D eigenvalue weighted by Gasteiger charge is -2.31. The lowest BCUT2D eigenvalue weighted by atomic mass is 10.3. The Kier molecular flexibility index (Phi) is 6.03. The number of hydrogen-bond acceptors (Lipinski definition) is 3. The van der Waals surface area contributed by atoms with Crippen LogP contribution in [0.2, 0.25) is 0 Å². The summed E-state index contributed by atoms with van der Waals surface area (Å²) < 4.78 is 0. The Morgan fingerprint density at radius 2 is 1.85 bits per heavy atom. The van der Waals surface area contributed by atoms with Crippen molar-refractivity contribution in [1.29, 1.82) is 0 Å². The third-order valence-electron chi connectivity index (χ3n) is 2.24. The normalized spacial score (nSPS) is 19.5. The van der Waals surface area contributed by atoms with E-state index in [9.17, 15) is 4.79 Å². The van der Waals surface area contributed by atoms with Crippen LogP contribution in [0.3, 0.4) is 0 Å². The monoisotopic (exact) mass is 208 g/mol. The summed E-state index contributed by atoms with van der Waals surface area (Å²) in [6.45, 7) is 4.82. The van der Waals surface area contributed by atoms with Crippen LogP contribution in [0.5, 0.6) is 0 Å². The zero-order chi connectivity index (χ0) is 8.97. The molecule has 0 unspecified atom stereocenters. The minimum atomic E-state index is -0.700. The average molecular weight is 209 g/mol. The molecule has 0 aromatic carbocycles. The van der Waals surface area contributed by atoms with Crippen molar-refractivity contribution < 1.29 is 9.90 Å². The van der Waals surface area contributed by atoms with Crippen molar-refractivity contribution in [2.45, 2.75) is 6.42 Å². The second-order valence-electron chi connectivity index (χ2n) is 3.29. The van der Waals surface area contributed by atoms with Gasteiger partial charge in [-0.2, -0.15) is 0 Å². The molecular formula is C8H17ClN2O2. The Labute approximate surface area is 84.9 Å². The van der Waals surface area contributed by atoms with E-state index in [-0.39, 0.29) is 18.8 Å². The Morgan fingerprint density at radius 3 is 2.31 bits per heavy atom. The van der Waals surface area contributed by atoms with E-state index in [2.05, 4.69) is 16.8 Å². The molecule has 0 spiro atoms. The molecule has 0 aliphatic carbocycles. The summed E-state index contributed by atoms with van der Waals surface area (Å²) in [5.74, 6) is -0.700. The predicted molar refractivity (Wildman–Crippen MR) is 53.4 cm³/mol. The van der Waals surface area contributed by atoms with Gasteiger partial charge in [0.15, 0.2) is 0 Å². The fourth-order valence-electron chi connectivity index (χ4n) is 1.33. The second-order valence-corrected chi connectivity index (χ2v) is 3.29. The van der Waals surface area contributed by atoms with E-state index in [1.54, 1.807) is 0 Å². The third-order valence-corrected chi connectivity index (χ3v) is 2.24. The van der Waals surface area contributed by atoms with Gasteiger partial charge in [-0.3, -0.25) is 4.79 Å². The van der Waals surface area contributed by atoms with E-state index in [1.165, 1.54) is 0 Å². The first-order chi connectivity index (χ1) is 5.68. The number of rotatable bonds is 3. The van der Waals surface area contributed by atoms with Crippen molar-refractivity contribution in [3.63, 3.8) is 0 Å². The molecule has 0 amide bonds. The Balaban J connectivity index is 0.00000144. The van der Waals surface area contributed by atoms with Gasteiger partial charge >= 0.3 is 5.97 Å². The van der Waals surface area contributed by atoms with Crippen LogP contribution in [0, 0.1) is 0 Å². The highest BCUT2D eigenvalue weighted by Gasteiger charge is 2.13. The van der Waals surface area contributed by atoms with Crippen LogP contribution in [0.25, 0.3) is 0 Å². The van der Waals surface area contributed by atoms with Gasteiger partial charge in [-0.05, 0) is 7.05 Å². The van der Waals surface area contributed by atoms with Crippen LogP contribution < -0.4 is 0 Å². The van der Waals surface area contributed by atoms with E-state index in [4.69, 9.17) is 5.11 Å². The smallest absolute Gasteiger partial charge is 0.304 e. The largest absolute Gasteiger partial charge is 0.481 e. The number of piperazine rings is 1. The fraction of sp³-hybridized carbons (Fsp3) is 0.875. The van der Waals surface area contributed by atoms with Crippen molar-refractivity contribution in [1.82, 2.24) is 9.80 Å². The van der Waals surface area contributed by atoms with Crippen LogP contribution in [0.1, 0.15) is 6.42 Å². The van der Waals surface area contributed by atoms with Crippen molar-refractivity contribution in [3.8, 4) is 0 Å². The topological polar surface area (TPSA) is 43.8 Å². The van der Waals surface area contributed by atoms with Gasteiger partial charge in [-0.25, -0.2) is 0 Å². The summed E-state index contributed by atoms with van der Waals surface area (Å²) in [6.07, 6.45) is 0.268. The van der Waals surface area contributed by atoms with Gasteiger partial charge in [0, 0.05) is 32.7 Å². The van der Waals surface area contributed by atoms with Gasteiger partial charge in [-0.1, -0.05) is 0 Å². The van der Waals surface area contributed by atoms with Crippen molar-refractivity contribution in [2.24, 2.45) is 0 Å². The highest BCUT2D eigenvalue weighted by molar-refractivity contribution is 5.85. The molecule has 0 atom stereocenters. The van der Waals surface area contributed by atoms with Gasteiger partial charge < -0.3 is 14.9 Å². The Bertz CT molecular complexity index is 158. The van der Waals surface area contributed by atoms with Crippen LogP contribution in [0.4, 0.5) is 0 Å². The number of aliphatic carboxylic acids is 1. The quantitative estimate of drug-likeness (QED) is 0.716. The molecule has 1 saturated heterocycles. The molecule has 78 valence electrons. The van der Waals surface area contributed by atoms with Crippen LogP contribution >= 0.6 is 12.4 Å². The first-order valence-electron chi connectivity index (χ1n) is 4.31. The van der Waals surface area contributed by atoms with E-state index < -0.39 is 5.97 Å². The molecule has 0 aromatic heterocycles. The van der Waals surface area contributed by atoms with E-state index >= 15 is 0 Å². The molecule has 1 aliphatic rings. The zero-order valence-corrected chi connectivity index (χ0v) is 8.72.